The van der Waals surface area contributed by atoms with Crippen LogP contribution in [0.1, 0.15) is 16.9 Å². The fraction of sp³-hybridized carbons (Fsp3) is 0.467. The van der Waals surface area contributed by atoms with E-state index >= 15 is 0 Å². The Labute approximate surface area is 127 Å². The van der Waals surface area contributed by atoms with Crippen molar-refractivity contribution in [2.24, 2.45) is 0 Å². The molecule has 2 bridgehead atoms. The minimum atomic E-state index is 0.0649. The van der Waals surface area contributed by atoms with Gasteiger partial charge in [0.05, 0.1) is 11.8 Å². The number of methoxy groups -OCH3 is 1. The summed E-state index contributed by atoms with van der Waals surface area (Å²) >= 11 is 1.34. The number of carbonyl (C=O) groups excluding carboxylic acids is 1. The molecule has 21 heavy (non-hydrogen) atoms. The lowest BCUT2D eigenvalue weighted by Gasteiger charge is -2.31. The van der Waals surface area contributed by atoms with Crippen molar-refractivity contribution in [3.63, 3.8) is 0 Å². The number of benzene rings is 1. The van der Waals surface area contributed by atoms with Gasteiger partial charge < -0.3 is 9.64 Å². The Kier molecular flexibility index (Phi) is 2.90. The predicted octanol–water partition coefficient (Wildman–Crippen LogP) is 1.83. The molecule has 0 spiro atoms. The Bertz CT molecular complexity index is 712. The summed E-state index contributed by atoms with van der Waals surface area (Å²) in [5, 5.41) is 0.903. The van der Waals surface area contributed by atoms with Gasteiger partial charge in [-0.3, -0.25) is 9.69 Å². The molecule has 110 valence electrons. The summed E-state index contributed by atoms with van der Waals surface area (Å²) in [6, 6.07) is 6.63. The molecule has 3 heterocycles. The lowest BCUT2D eigenvalue weighted by Crippen LogP contribution is -2.47. The molecule has 5 nitrogen and oxygen atoms in total. The second kappa shape index (κ2) is 4.68. The number of nitrogens with zero attached hydrogens (tertiary/aromatic N) is 3. The summed E-state index contributed by atoms with van der Waals surface area (Å²) in [5.41, 5.74) is 0.573. The molecule has 0 N–H and O–H groups in total. The van der Waals surface area contributed by atoms with Crippen molar-refractivity contribution >= 4 is 27.5 Å². The van der Waals surface area contributed by atoms with Gasteiger partial charge in [-0.05, 0) is 31.1 Å². The van der Waals surface area contributed by atoms with Gasteiger partial charge in [0.15, 0.2) is 0 Å². The summed E-state index contributed by atoms with van der Waals surface area (Å²) in [4.78, 5) is 17.2. The summed E-state index contributed by atoms with van der Waals surface area (Å²) in [5.74, 6) is 0.849. The number of carbonyl (C=O) groups is 1. The maximum atomic E-state index is 12.8. The first-order chi connectivity index (χ1) is 10.2. The van der Waals surface area contributed by atoms with Crippen LogP contribution in [0.25, 0.3) is 10.1 Å². The molecule has 2 fully saturated rings. The third-order valence-electron chi connectivity index (χ3n) is 4.66. The number of likely N-dealkylation sites (N-methyl/N-ethyl adjacent to an activating group) is 1. The largest absolute Gasteiger partial charge is 0.495 e. The smallest absolute Gasteiger partial charge is 0.274 e. The number of piperazine rings is 1. The Hall–Kier alpha value is -1.66. The van der Waals surface area contributed by atoms with E-state index in [-0.39, 0.29) is 5.91 Å². The molecule has 0 radical (unpaired) electrons. The topological polar surface area (TPSA) is 45.7 Å². The van der Waals surface area contributed by atoms with Crippen molar-refractivity contribution in [3.05, 3.63) is 23.9 Å². The summed E-state index contributed by atoms with van der Waals surface area (Å²) in [6.07, 6.45) is 1.09. The van der Waals surface area contributed by atoms with Crippen LogP contribution in [0, 0.1) is 0 Å². The Balaban J connectivity index is 1.70. The number of ether oxygens (including phenoxy) is 1. The van der Waals surface area contributed by atoms with Crippen LogP contribution in [-0.4, -0.2) is 59.4 Å². The van der Waals surface area contributed by atoms with Crippen molar-refractivity contribution in [3.8, 4) is 5.75 Å². The van der Waals surface area contributed by atoms with E-state index in [1.54, 1.807) is 7.11 Å². The molecule has 2 aromatic rings. The van der Waals surface area contributed by atoms with Gasteiger partial charge in [-0.2, -0.15) is 4.37 Å². The quantitative estimate of drug-likeness (QED) is 0.849. The average Bonchev–Trinajstić information content (AvgIpc) is 3.18. The Morgan fingerprint density at radius 3 is 2.90 bits per heavy atom. The number of likely N-dealkylation sites (tertiary alicyclic amines) is 2. The van der Waals surface area contributed by atoms with Gasteiger partial charge in [-0.25, -0.2) is 0 Å². The van der Waals surface area contributed by atoms with Gasteiger partial charge in [0.1, 0.15) is 11.4 Å². The van der Waals surface area contributed by atoms with Crippen LogP contribution in [0.4, 0.5) is 0 Å². The maximum Gasteiger partial charge on any atom is 0.274 e. The van der Waals surface area contributed by atoms with E-state index < -0.39 is 0 Å². The Morgan fingerprint density at radius 2 is 2.24 bits per heavy atom. The fourth-order valence-corrected chi connectivity index (χ4v) is 4.37. The molecular weight excluding hydrogens is 286 g/mol. The number of hydrogen-bond acceptors (Lipinski definition) is 5. The molecule has 4 rings (SSSR count). The van der Waals surface area contributed by atoms with E-state index in [0.717, 1.165) is 35.3 Å². The van der Waals surface area contributed by atoms with Crippen LogP contribution in [0.2, 0.25) is 0 Å². The van der Waals surface area contributed by atoms with Crippen molar-refractivity contribution in [2.45, 2.75) is 18.5 Å². The van der Waals surface area contributed by atoms with E-state index in [1.165, 1.54) is 11.5 Å². The first-order valence-corrected chi connectivity index (χ1v) is 7.90. The second-order valence-corrected chi connectivity index (χ2v) is 6.58. The van der Waals surface area contributed by atoms with Crippen LogP contribution in [0.3, 0.4) is 0 Å². The van der Waals surface area contributed by atoms with E-state index in [4.69, 9.17) is 4.74 Å². The first kappa shape index (κ1) is 13.0. The fourth-order valence-electron chi connectivity index (χ4n) is 3.50. The number of hydrogen-bond donors (Lipinski definition) is 0. The van der Waals surface area contributed by atoms with E-state index in [9.17, 15) is 4.79 Å². The van der Waals surface area contributed by atoms with Crippen molar-refractivity contribution in [1.82, 2.24) is 14.2 Å². The van der Waals surface area contributed by atoms with Crippen molar-refractivity contribution in [1.29, 1.82) is 0 Å². The highest BCUT2D eigenvalue weighted by Crippen LogP contribution is 2.35. The normalized spacial score (nSPS) is 25.0. The zero-order chi connectivity index (χ0) is 14.6. The minimum absolute atomic E-state index is 0.0649. The van der Waals surface area contributed by atoms with Gasteiger partial charge >= 0.3 is 0 Å². The molecule has 1 amide bonds. The predicted molar refractivity (Wildman–Crippen MR) is 82.0 cm³/mol. The van der Waals surface area contributed by atoms with Gasteiger partial charge in [-0.15, -0.1) is 0 Å². The van der Waals surface area contributed by atoms with Gasteiger partial charge in [0, 0.05) is 30.6 Å². The minimum Gasteiger partial charge on any atom is -0.495 e. The molecule has 2 aliphatic heterocycles. The number of amides is 1. The van der Waals surface area contributed by atoms with Crippen LogP contribution in [0.15, 0.2) is 18.2 Å². The summed E-state index contributed by atoms with van der Waals surface area (Å²) in [7, 11) is 3.78. The summed E-state index contributed by atoms with van der Waals surface area (Å²) in [6.45, 7) is 1.80. The Morgan fingerprint density at radius 1 is 1.38 bits per heavy atom. The van der Waals surface area contributed by atoms with Crippen LogP contribution in [0.5, 0.6) is 5.75 Å². The van der Waals surface area contributed by atoms with Crippen LogP contribution >= 0.6 is 11.5 Å². The number of aromatic nitrogens is 1. The monoisotopic (exact) mass is 303 g/mol. The number of fused-ring (bicyclic) bond motifs is 3. The molecule has 0 aliphatic carbocycles. The first-order valence-electron chi connectivity index (χ1n) is 7.12. The van der Waals surface area contributed by atoms with Gasteiger partial charge in [-0.1, -0.05) is 12.1 Å². The number of rotatable bonds is 2. The standard InChI is InChI=1S/C15H17N3O2S/c1-17-7-10-6-9(17)8-18(10)15(19)13-11-4-3-5-12(20-2)14(11)21-16-13/h3-5,9-10H,6-8H2,1-2H3/t9-,10-/m0/s1. The van der Waals surface area contributed by atoms with Crippen LogP contribution in [-0.2, 0) is 0 Å². The maximum absolute atomic E-state index is 12.8. The third kappa shape index (κ3) is 1.86. The van der Waals surface area contributed by atoms with Gasteiger partial charge in [0.2, 0.25) is 0 Å². The molecule has 2 atom stereocenters. The van der Waals surface area contributed by atoms with Gasteiger partial charge in [0.25, 0.3) is 5.91 Å². The van der Waals surface area contributed by atoms with E-state index in [1.807, 2.05) is 23.1 Å². The average molecular weight is 303 g/mol. The molecule has 2 aliphatic rings. The molecule has 6 heteroatoms. The highest BCUT2D eigenvalue weighted by Gasteiger charge is 2.44. The van der Waals surface area contributed by atoms with Crippen molar-refractivity contribution < 1.29 is 9.53 Å². The van der Waals surface area contributed by atoms with E-state index in [2.05, 4.69) is 16.3 Å². The molecular formula is C15H17N3O2S. The lowest BCUT2D eigenvalue weighted by atomic mass is 10.2. The highest BCUT2D eigenvalue weighted by molar-refractivity contribution is 7.14. The zero-order valence-electron chi connectivity index (χ0n) is 12.1. The highest BCUT2D eigenvalue weighted by atomic mass is 32.1. The second-order valence-electron chi connectivity index (χ2n) is 5.81. The summed E-state index contributed by atoms with van der Waals surface area (Å²) < 4.78 is 10.7. The molecule has 0 saturated carbocycles. The third-order valence-corrected chi connectivity index (χ3v) is 5.54. The lowest BCUT2D eigenvalue weighted by molar-refractivity contribution is 0.0648. The molecule has 0 unspecified atom stereocenters. The zero-order valence-corrected chi connectivity index (χ0v) is 12.9. The van der Waals surface area contributed by atoms with Crippen molar-refractivity contribution in [2.75, 3.05) is 27.2 Å². The molecule has 1 aromatic carbocycles. The SMILES string of the molecule is COc1cccc2c(C(=O)N3C[C@@H]4C[C@H]3CN4C)nsc12. The van der Waals surface area contributed by atoms with E-state index in [0.29, 0.717) is 17.8 Å². The van der Waals surface area contributed by atoms with Crippen LogP contribution < -0.4 is 4.74 Å². The molecule has 1 aromatic heterocycles. The molecule has 2 saturated heterocycles.